The highest BCUT2D eigenvalue weighted by atomic mass is 32.2. The van der Waals surface area contributed by atoms with Crippen LogP contribution in [0.25, 0.3) is 11.3 Å². The zero-order chi connectivity index (χ0) is 34.9. The molecule has 1 aliphatic carbocycles. The van der Waals surface area contributed by atoms with Crippen molar-refractivity contribution in [3.63, 3.8) is 0 Å². The summed E-state index contributed by atoms with van der Waals surface area (Å²) in [5.41, 5.74) is -3.08. The van der Waals surface area contributed by atoms with Gasteiger partial charge in [-0.1, -0.05) is 0 Å². The van der Waals surface area contributed by atoms with E-state index in [9.17, 15) is 36.6 Å². The molecule has 2 fully saturated rings. The van der Waals surface area contributed by atoms with Crippen molar-refractivity contribution >= 4 is 27.6 Å². The van der Waals surface area contributed by atoms with Gasteiger partial charge < -0.3 is 20.4 Å². The number of piperidine rings is 1. The van der Waals surface area contributed by atoms with Gasteiger partial charge >= 0.3 is 12.1 Å². The number of anilines is 2. The number of nitrogens with zero attached hydrogens (tertiary/aromatic N) is 5. The smallest absolute Gasteiger partial charge is 0.419 e. The van der Waals surface area contributed by atoms with Gasteiger partial charge in [-0.2, -0.15) is 18.3 Å². The third kappa shape index (κ3) is 9.06. The first kappa shape index (κ1) is 35.6. The van der Waals surface area contributed by atoms with Crippen LogP contribution in [0.4, 0.5) is 29.2 Å². The van der Waals surface area contributed by atoms with Gasteiger partial charge in [0, 0.05) is 30.5 Å². The number of nitrogens with one attached hydrogen (secondary N) is 2. The van der Waals surface area contributed by atoms with Crippen LogP contribution in [0.5, 0.6) is 0 Å². The minimum absolute atomic E-state index is 0.00119. The highest BCUT2D eigenvalue weighted by molar-refractivity contribution is 7.89. The largest absolute Gasteiger partial charge is 0.481 e. The number of carboxylic acid groups (broad SMARTS) is 1. The molecule has 17 heteroatoms. The maximum atomic E-state index is 15.2. The van der Waals surface area contributed by atoms with Gasteiger partial charge in [-0.3, -0.25) is 9.48 Å². The summed E-state index contributed by atoms with van der Waals surface area (Å²) in [5, 5.41) is 25.8. The van der Waals surface area contributed by atoms with E-state index < -0.39 is 44.8 Å². The van der Waals surface area contributed by atoms with Crippen LogP contribution < -0.4 is 10.0 Å². The molecule has 0 bridgehead atoms. The average molecular weight is 698 g/mol. The van der Waals surface area contributed by atoms with E-state index in [-0.39, 0.29) is 40.6 Å². The second kappa shape index (κ2) is 14.1. The number of halogens is 4. The van der Waals surface area contributed by atoms with Gasteiger partial charge in [-0.05, 0) is 89.6 Å². The van der Waals surface area contributed by atoms with Crippen LogP contribution in [0.3, 0.4) is 0 Å². The van der Waals surface area contributed by atoms with Crippen LogP contribution >= 0.6 is 0 Å². The van der Waals surface area contributed by atoms with Gasteiger partial charge in [0.15, 0.2) is 0 Å². The lowest BCUT2D eigenvalue weighted by Crippen LogP contribution is -2.46. The molecule has 2 aromatic heterocycles. The Morgan fingerprint density at radius 2 is 1.75 bits per heavy atom. The predicted molar refractivity (Wildman–Crippen MR) is 167 cm³/mol. The number of sulfonamides is 1. The lowest BCUT2D eigenvalue weighted by molar-refractivity contribution is -0.143. The number of carbonyl (C=O) groups is 1. The average Bonchev–Trinajstić information content (AvgIpc) is 3.45. The summed E-state index contributed by atoms with van der Waals surface area (Å²) >= 11 is 0. The van der Waals surface area contributed by atoms with E-state index in [2.05, 4.69) is 30.0 Å². The number of benzene rings is 1. The Kier molecular flexibility index (Phi) is 10.4. The molecular weight excluding hydrogens is 658 g/mol. The van der Waals surface area contributed by atoms with Gasteiger partial charge in [-0.25, -0.2) is 27.5 Å². The number of aliphatic hydroxyl groups is 1. The normalized spacial score (nSPS) is 20.1. The minimum atomic E-state index is -4.81. The molecule has 3 aromatic rings. The first-order chi connectivity index (χ1) is 22.5. The molecule has 0 amide bonds. The standard InChI is InChI=1S/C31H39F4N7O5S/c1-30(2,45)18-42-17-21(14-37-42)27-24(31(33,34)35)15-36-29(39-27)38-26-8-7-23(13-25(26)32)48(46,47)40-22-9-11-41(12-10-22)16-19-3-5-20(6-4-19)28(43)44/h7-8,13-15,17,19-20,22,40,45H,3-6,9-12,16,18H2,1-2H3,(H,43,44)(H,36,38,39). The van der Waals surface area contributed by atoms with Gasteiger partial charge in [0.05, 0.1) is 40.5 Å². The van der Waals surface area contributed by atoms with E-state index in [0.717, 1.165) is 31.5 Å². The molecule has 2 aliphatic rings. The van der Waals surface area contributed by atoms with Crippen LogP contribution in [0, 0.1) is 17.7 Å². The number of aliphatic carboxylic acids is 1. The highest BCUT2D eigenvalue weighted by Gasteiger charge is 2.36. The second-order valence-corrected chi connectivity index (χ2v) is 14.9. The van der Waals surface area contributed by atoms with Crippen LogP contribution in [0.15, 0.2) is 41.7 Å². The Hall–Kier alpha value is -3.67. The Labute approximate surface area is 275 Å². The van der Waals surface area contributed by atoms with Crippen LogP contribution in [0.1, 0.15) is 57.9 Å². The third-order valence-corrected chi connectivity index (χ3v) is 10.2. The number of alkyl halides is 3. The van der Waals surface area contributed by atoms with E-state index in [1.54, 1.807) is 0 Å². The summed E-state index contributed by atoms with van der Waals surface area (Å²) in [7, 11) is -4.08. The van der Waals surface area contributed by atoms with Gasteiger partial charge in [-0.15, -0.1) is 0 Å². The molecule has 0 unspecified atom stereocenters. The number of rotatable bonds is 11. The topological polar surface area (TPSA) is 163 Å². The number of hydrogen-bond donors (Lipinski definition) is 4. The Balaban J connectivity index is 1.21. The SMILES string of the molecule is CC(C)(O)Cn1cc(-c2nc(Nc3ccc(S(=O)(=O)NC4CCN(CC5CCC(C(=O)O)CC5)CC4)cc3F)ncc2C(F)(F)F)cn1. The van der Waals surface area contributed by atoms with E-state index >= 15 is 4.39 Å². The second-order valence-electron chi connectivity index (χ2n) is 13.2. The molecule has 1 aromatic carbocycles. The summed E-state index contributed by atoms with van der Waals surface area (Å²) in [6, 6.07) is 2.80. The zero-order valence-electron chi connectivity index (χ0n) is 26.5. The van der Waals surface area contributed by atoms with Crippen molar-refractivity contribution in [2.45, 2.75) is 81.6 Å². The van der Waals surface area contributed by atoms with E-state index in [4.69, 9.17) is 0 Å². The fourth-order valence-corrected chi connectivity index (χ4v) is 7.52. The molecule has 262 valence electrons. The number of aromatic nitrogens is 4. The molecule has 1 aliphatic heterocycles. The number of hydrogen-bond acceptors (Lipinski definition) is 9. The third-order valence-electron chi connectivity index (χ3n) is 8.67. The molecule has 0 atom stereocenters. The van der Waals surface area contributed by atoms with E-state index in [1.807, 2.05) is 0 Å². The zero-order valence-corrected chi connectivity index (χ0v) is 27.4. The highest BCUT2D eigenvalue weighted by Crippen LogP contribution is 2.36. The summed E-state index contributed by atoms with van der Waals surface area (Å²) in [6.45, 7) is 5.26. The van der Waals surface area contributed by atoms with Crippen LogP contribution in [-0.2, 0) is 27.5 Å². The van der Waals surface area contributed by atoms with Gasteiger partial charge in [0.2, 0.25) is 16.0 Å². The van der Waals surface area contributed by atoms with Crippen molar-refractivity contribution in [3.05, 3.63) is 48.2 Å². The summed E-state index contributed by atoms with van der Waals surface area (Å²) in [5.74, 6) is -1.92. The quantitative estimate of drug-likeness (QED) is 0.208. The van der Waals surface area contributed by atoms with Gasteiger partial charge in [0.1, 0.15) is 11.4 Å². The van der Waals surface area contributed by atoms with Crippen molar-refractivity contribution < 1.29 is 41.0 Å². The number of carboxylic acids is 1. The summed E-state index contributed by atoms with van der Waals surface area (Å²) < 4.78 is 86.7. The lowest BCUT2D eigenvalue weighted by atomic mass is 9.81. The monoisotopic (exact) mass is 697 g/mol. The molecule has 0 radical (unpaired) electrons. The molecular formula is C31H39F4N7O5S. The Morgan fingerprint density at radius 3 is 2.35 bits per heavy atom. The van der Waals surface area contributed by atoms with Crippen molar-refractivity contribution in [1.82, 2.24) is 29.4 Å². The molecule has 3 heterocycles. The Bertz CT molecular complexity index is 1710. The molecule has 5 rings (SSSR count). The first-order valence-corrected chi connectivity index (χ1v) is 17.2. The predicted octanol–water partition coefficient (Wildman–Crippen LogP) is 4.65. The molecule has 1 saturated heterocycles. The Morgan fingerprint density at radius 1 is 1.06 bits per heavy atom. The van der Waals surface area contributed by atoms with E-state index in [0.29, 0.717) is 50.9 Å². The van der Waals surface area contributed by atoms with E-state index in [1.165, 1.54) is 37.0 Å². The van der Waals surface area contributed by atoms with Crippen LogP contribution in [-0.4, -0.2) is 80.5 Å². The molecule has 12 nitrogen and oxygen atoms in total. The first-order valence-electron chi connectivity index (χ1n) is 15.7. The van der Waals surface area contributed by atoms with Crippen LogP contribution in [0.2, 0.25) is 0 Å². The molecule has 0 spiro atoms. The van der Waals surface area contributed by atoms with Crippen molar-refractivity contribution in [2.24, 2.45) is 11.8 Å². The molecule has 4 N–H and O–H groups in total. The maximum absolute atomic E-state index is 15.2. The lowest BCUT2D eigenvalue weighted by Gasteiger charge is -2.36. The molecule has 1 saturated carbocycles. The molecule has 48 heavy (non-hydrogen) atoms. The number of likely N-dealkylation sites (tertiary alicyclic amines) is 1. The fraction of sp³-hybridized carbons (Fsp3) is 0.548. The summed E-state index contributed by atoms with van der Waals surface area (Å²) in [6.07, 6.45) is 2.43. The summed E-state index contributed by atoms with van der Waals surface area (Å²) in [4.78, 5) is 20.8. The van der Waals surface area contributed by atoms with Crippen molar-refractivity contribution in [2.75, 3.05) is 25.0 Å². The van der Waals surface area contributed by atoms with Crippen molar-refractivity contribution in [3.8, 4) is 11.3 Å². The van der Waals surface area contributed by atoms with Gasteiger partial charge in [0.25, 0.3) is 0 Å². The maximum Gasteiger partial charge on any atom is 0.419 e. The minimum Gasteiger partial charge on any atom is -0.481 e. The van der Waals surface area contributed by atoms with Crippen molar-refractivity contribution in [1.29, 1.82) is 0 Å². The fourth-order valence-electron chi connectivity index (χ4n) is 6.20.